The molecule has 0 spiro atoms. The summed E-state index contributed by atoms with van der Waals surface area (Å²) in [6, 6.07) is 0. The molecule has 0 radical (unpaired) electrons. The summed E-state index contributed by atoms with van der Waals surface area (Å²) < 4.78 is 0. The van der Waals surface area contributed by atoms with Gasteiger partial charge in [-0.05, 0) is 0 Å². The summed E-state index contributed by atoms with van der Waals surface area (Å²) in [5, 5.41) is 25.4. The van der Waals surface area contributed by atoms with Gasteiger partial charge in [0.15, 0.2) is 0 Å². The lowest BCUT2D eigenvalue weighted by molar-refractivity contribution is -0.345. The quantitative estimate of drug-likeness (QED) is 0.288. The molecule has 0 atom stereocenters. The lowest BCUT2D eigenvalue weighted by atomic mass is 10.3. The first kappa shape index (κ1) is 19.6. The normalized spacial score (nSPS) is 9.06. The number of nitrogens with zero attached hydrogens (tertiary/aromatic N) is 1. The smallest absolute Gasteiger partial charge is 0.0970 e. The molecule has 1 N–H and O–H groups in total. The van der Waals surface area contributed by atoms with Gasteiger partial charge in [0.05, 0.1) is 17.8 Å². The molecule has 0 aliphatic carbocycles. The summed E-state index contributed by atoms with van der Waals surface area (Å²) >= 11 is 16.6. The van der Waals surface area contributed by atoms with E-state index in [1.54, 1.807) is 0 Å². The van der Waals surface area contributed by atoms with Crippen LogP contribution in [0.5, 0.6) is 0 Å². The highest BCUT2D eigenvalue weighted by Crippen LogP contribution is 1.98. The van der Waals surface area contributed by atoms with Crippen LogP contribution in [0, 0.1) is 5.41 Å². The minimum absolute atomic E-state index is 0.472. The molecule has 0 saturated carbocycles. The van der Waals surface area contributed by atoms with E-state index in [0.29, 0.717) is 43.0 Å². The molecule has 0 aliphatic heterocycles. The number of carboxylic acids is 2. The molecule has 0 amide bonds. The van der Waals surface area contributed by atoms with Gasteiger partial charge >= 0.3 is 0 Å². The highest BCUT2D eigenvalue weighted by atomic mass is 35.5. The summed E-state index contributed by atoms with van der Waals surface area (Å²) in [6.45, 7) is 1.34. The Morgan fingerprint density at radius 3 is 1.56 bits per heavy atom. The van der Waals surface area contributed by atoms with Crippen LogP contribution in [0.15, 0.2) is 0 Å². The van der Waals surface area contributed by atoms with Crippen molar-refractivity contribution in [2.45, 2.75) is 6.42 Å². The summed E-state index contributed by atoms with van der Waals surface area (Å²) in [4.78, 5) is 19.7. The third-order valence-electron chi connectivity index (χ3n) is 1.59. The molecule has 0 bridgehead atoms. The highest BCUT2D eigenvalue weighted by Gasteiger charge is 2.06. The lowest BCUT2D eigenvalue weighted by Gasteiger charge is -2.22. The average Bonchev–Trinajstić information content (AvgIpc) is 2.29. The Kier molecular flexibility index (Phi) is 13.9. The van der Waals surface area contributed by atoms with Crippen molar-refractivity contribution >= 4 is 52.6 Å². The van der Waals surface area contributed by atoms with Gasteiger partial charge in [-0.1, -0.05) is 0 Å². The number of halogens is 3. The predicted octanol–water partition coefficient (Wildman–Crippen LogP) is -1.14. The number of nitrogens with one attached hydrogen (secondary N) is 1. The van der Waals surface area contributed by atoms with Gasteiger partial charge in [-0.2, -0.15) is 0 Å². The van der Waals surface area contributed by atoms with Crippen LogP contribution in [0.2, 0.25) is 0 Å². The van der Waals surface area contributed by atoms with Crippen molar-refractivity contribution in [2.75, 3.05) is 30.7 Å². The molecule has 6 nitrogen and oxygen atoms in total. The second-order valence-corrected chi connectivity index (χ2v) is 3.96. The van der Waals surface area contributed by atoms with Gasteiger partial charge in [-0.15, -0.1) is 34.8 Å². The van der Waals surface area contributed by atoms with E-state index in [9.17, 15) is 0 Å². The molecule has 0 rings (SSSR count). The van der Waals surface area contributed by atoms with Crippen LogP contribution < -0.4 is 10.2 Å². The number of carboxylic acid groups (broad SMARTS) is 2. The number of carbonyl (C=O) groups excluding carboxylic acids is 2. The third kappa shape index (κ3) is 11.8. The molecular formula is C9H13Cl3N2O4-2. The summed E-state index contributed by atoms with van der Waals surface area (Å²) in [5.41, 5.74) is 0. The summed E-state index contributed by atoms with van der Waals surface area (Å²) in [6.07, 6.45) is 0.579. The van der Waals surface area contributed by atoms with Crippen LogP contribution >= 0.6 is 34.8 Å². The van der Waals surface area contributed by atoms with Gasteiger partial charge in [0, 0.05) is 37.2 Å². The number of hydrogen-bond acceptors (Lipinski definition) is 5. The molecule has 0 fully saturated rings. The number of amidine groups is 1. The van der Waals surface area contributed by atoms with Crippen LogP contribution in [0.25, 0.3) is 0 Å². The number of carbonyl (C=O) groups is 2. The van der Waals surface area contributed by atoms with Crippen molar-refractivity contribution in [3.63, 3.8) is 0 Å². The van der Waals surface area contributed by atoms with E-state index >= 15 is 0 Å². The van der Waals surface area contributed by atoms with E-state index in [4.69, 9.17) is 60.0 Å². The molecule has 18 heavy (non-hydrogen) atoms. The van der Waals surface area contributed by atoms with Crippen molar-refractivity contribution < 1.29 is 19.8 Å². The van der Waals surface area contributed by atoms with E-state index in [1.807, 2.05) is 4.90 Å². The average molecular weight is 320 g/mol. The third-order valence-corrected chi connectivity index (χ3v) is 2.12. The number of alkyl halides is 3. The van der Waals surface area contributed by atoms with E-state index < -0.39 is 11.9 Å². The van der Waals surface area contributed by atoms with E-state index in [0.717, 1.165) is 0 Å². The second-order valence-electron chi connectivity index (χ2n) is 2.83. The van der Waals surface area contributed by atoms with Gasteiger partial charge in [-0.3, -0.25) is 5.41 Å². The standard InChI is InChI=1S/C7H13Cl3N2.C2H2O4/c8-2-1-7(11)12(5-3-9)6-4-10;3-1(4)2(5)6/h11H,1-6H2;(H,3,4)(H,5,6)/p-2. The molecule has 0 aromatic carbocycles. The van der Waals surface area contributed by atoms with Crippen LogP contribution in [-0.4, -0.2) is 53.4 Å². The van der Waals surface area contributed by atoms with Crippen molar-refractivity contribution in [1.29, 1.82) is 5.41 Å². The van der Waals surface area contributed by atoms with Crippen molar-refractivity contribution in [3.8, 4) is 0 Å². The molecule has 9 heteroatoms. The first-order chi connectivity index (χ1) is 8.40. The fraction of sp³-hybridized carbons (Fsp3) is 0.667. The number of hydrogen-bond donors (Lipinski definition) is 1. The molecule has 106 valence electrons. The first-order valence-electron chi connectivity index (χ1n) is 4.83. The van der Waals surface area contributed by atoms with Crippen LogP contribution in [0.3, 0.4) is 0 Å². The molecule has 0 aromatic heterocycles. The van der Waals surface area contributed by atoms with E-state index in [2.05, 4.69) is 0 Å². The Morgan fingerprint density at radius 1 is 0.944 bits per heavy atom. The van der Waals surface area contributed by atoms with Gasteiger partial charge in [0.1, 0.15) is 0 Å². The Morgan fingerprint density at radius 2 is 1.33 bits per heavy atom. The maximum atomic E-state index is 8.93. The molecule has 0 aliphatic rings. The van der Waals surface area contributed by atoms with E-state index in [-0.39, 0.29) is 0 Å². The van der Waals surface area contributed by atoms with Crippen LogP contribution in [0.4, 0.5) is 0 Å². The Bertz CT molecular complexity index is 259. The largest absolute Gasteiger partial charge is 0.543 e. The molecule has 0 heterocycles. The zero-order valence-corrected chi connectivity index (χ0v) is 11.7. The van der Waals surface area contributed by atoms with Crippen molar-refractivity contribution in [2.24, 2.45) is 0 Å². The monoisotopic (exact) mass is 318 g/mol. The summed E-state index contributed by atoms with van der Waals surface area (Å²) in [5.74, 6) is -2.35. The minimum Gasteiger partial charge on any atom is -0.543 e. The van der Waals surface area contributed by atoms with Crippen LogP contribution in [0.1, 0.15) is 6.42 Å². The lowest BCUT2D eigenvalue weighted by Crippen LogP contribution is -2.42. The topological polar surface area (TPSA) is 107 Å². The highest BCUT2D eigenvalue weighted by molar-refractivity contribution is 6.25. The number of aliphatic carboxylic acids is 2. The number of rotatable bonds is 6. The maximum Gasteiger partial charge on any atom is 0.0970 e. The Hall–Kier alpha value is -0.720. The minimum atomic E-state index is -2.19. The van der Waals surface area contributed by atoms with Gasteiger partial charge < -0.3 is 24.7 Å². The van der Waals surface area contributed by atoms with Crippen molar-refractivity contribution in [1.82, 2.24) is 4.90 Å². The van der Waals surface area contributed by atoms with Crippen molar-refractivity contribution in [3.05, 3.63) is 0 Å². The molecular weight excluding hydrogens is 306 g/mol. The Balaban J connectivity index is 0. The fourth-order valence-corrected chi connectivity index (χ4v) is 1.42. The Labute approximate surface area is 120 Å². The first-order valence-corrected chi connectivity index (χ1v) is 6.43. The van der Waals surface area contributed by atoms with Gasteiger partial charge in [-0.25, -0.2) is 0 Å². The maximum absolute atomic E-state index is 8.93. The molecule has 0 unspecified atom stereocenters. The zero-order chi connectivity index (χ0) is 14.6. The molecule has 0 saturated heterocycles. The van der Waals surface area contributed by atoms with Crippen LogP contribution in [-0.2, 0) is 9.59 Å². The fourth-order valence-electron chi connectivity index (χ4n) is 0.833. The van der Waals surface area contributed by atoms with Gasteiger partial charge in [0.2, 0.25) is 0 Å². The summed E-state index contributed by atoms with van der Waals surface area (Å²) in [7, 11) is 0. The SMILES string of the molecule is N=C(CCCl)N(CCCl)CCCl.O=C([O-])C(=O)[O-]. The van der Waals surface area contributed by atoms with E-state index in [1.165, 1.54) is 0 Å². The zero-order valence-electron chi connectivity index (χ0n) is 9.46. The molecule has 0 aromatic rings. The van der Waals surface area contributed by atoms with Gasteiger partial charge in [0.25, 0.3) is 0 Å². The second kappa shape index (κ2) is 12.7. The predicted molar refractivity (Wildman–Crippen MR) is 66.1 cm³/mol.